The van der Waals surface area contributed by atoms with Crippen LogP contribution in [0.2, 0.25) is 0 Å². The van der Waals surface area contributed by atoms with E-state index in [1.807, 2.05) is 0 Å². The highest BCUT2D eigenvalue weighted by atomic mass is 19.4. The van der Waals surface area contributed by atoms with Gasteiger partial charge >= 0.3 is 6.18 Å². The first kappa shape index (κ1) is 24.0. The number of rotatable bonds is 5. The van der Waals surface area contributed by atoms with E-state index in [0.717, 1.165) is 48.9 Å². The molecule has 34 heavy (non-hydrogen) atoms. The van der Waals surface area contributed by atoms with Crippen molar-refractivity contribution in [1.29, 1.82) is 0 Å². The second-order valence-electron chi connectivity index (χ2n) is 8.53. The molecule has 0 unspecified atom stereocenters. The second kappa shape index (κ2) is 9.27. The number of alkyl halides is 5. The lowest BCUT2D eigenvalue weighted by molar-refractivity contribution is -0.138. The highest BCUT2D eigenvalue weighted by Crippen LogP contribution is 2.35. The van der Waals surface area contributed by atoms with Gasteiger partial charge in [-0.3, -0.25) is 9.78 Å². The fourth-order valence-corrected chi connectivity index (χ4v) is 4.52. The Labute approximate surface area is 192 Å². The van der Waals surface area contributed by atoms with Gasteiger partial charge in [0.2, 0.25) is 0 Å². The summed E-state index contributed by atoms with van der Waals surface area (Å²) in [6.45, 7) is 1.02. The first-order valence-electron chi connectivity index (χ1n) is 11.0. The van der Waals surface area contributed by atoms with Gasteiger partial charge in [0.1, 0.15) is 22.9 Å². The predicted octanol–water partition coefficient (Wildman–Crippen LogP) is 5.40. The maximum absolute atomic E-state index is 13.9. The summed E-state index contributed by atoms with van der Waals surface area (Å²) in [5.41, 5.74) is -1.95. The zero-order valence-corrected chi connectivity index (χ0v) is 18.7. The Morgan fingerprint density at radius 2 is 1.88 bits per heavy atom. The highest BCUT2D eigenvalue weighted by Gasteiger charge is 2.34. The molecule has 1 aliphatic rings. The van der Waals surface area contributed by atoms with Crippen molar-refractivity contribution < 1.29 is 22.0 Å². The van der Waals surface area contributed by atoms with Crippen molar-refractivity contribution >= 4 is 0 Å². The van der Waals surface area contributed by atoms with Crippen molar-refractivity contribution in [2.45, 2.75) is 64.1 Å². The molecule has 0 N–H and O–H groups in total. The molecule has 0 bridgehead atoms. The van der Waals surface area contributed by atoms with Crippen LogP contribution < -0.4 is 5.56 Å². The molecule has 0 radical (unpaired) electrons. The van der Waals surface area contributed by atoms with Gasteiger partial charge in [0.05, 0.1) is 17.8 Å². The lowest BCUT2D eigenvalue weighted by atomic mass is 9.84. The standard InChI is InChI=1S/C23H24F5N5O/c1-13-30-19(20(21(24)25)32(13)2)17-11-15(14-7-4-3-5-8-14)22(34)33(31-17)12-18-16(23(26,27)28)9-6-10-29-18/h6,9-11,14,21H,3-5,7-8,12H2,1-2H3. The van der Waals surface area contributed by atoms with Gasteiger partial charge in [-0.25, -0.2) is 18.4 Å². The number of aryl methyl sites for hydroxylation is 1. The zero-order valence-electron chi connectivity index (χ0n) is 18.7. The third kappa shape index (κ3) is 4.60. The van der Waals surface area contributed by atoms with Crippen LogP contribution in [0.1, 0.15) is 72.8 Å². The summed E-state index contributed by atoms with van der Waals surface area (Å²) < 4.78 is 70.4. The smallest absolute Gasteiger partial charge is 0.330 e. The summed E-state index contributed by atoms with van der Waals surface area (Å²) in [7, 11) is 1.45. The second-order valence-corrected chi connectivity index (χ2v) is 8.53. The molecule has 0 spiro atoms. The van der Waals surface area contributed by atoms with Gasteiger partial charge in [-0.2, -0.15) is 18.3 Å². The molecule has 0 amide bonds. The average molecular weight is 481 g/mol. The summed E-state index contributed by atoms with van der Waals surface area (Å²) in [6, 6.07) is 3.53. The molecule has 6 nitrogen and oxygen atoms in total. The van der Waals surface area contributed by atoms with Crippen LogP contribution in [0.15, 0.2) is 29.2 Å². The summed E-state index contributed by atoms with van der Waals surface area (Å²) in [5, 5.41) is 4.20. The number of hydrogen-bond acceptors (Lipinski definition) is 4. The SMILES string of the molecule is Cc1nc(-c2cc(C3CCCCC3)c(=O)n(Cc3ncccc3C(F)(F)F)n2)c(C(F)F)n1C. The monoisotopic (exact) mass is 481 g/mol. The lowest BCUT2D eigenvalue weighted by Crippen LogP contribution is -2.30. The Bertz CT molecular complexity index is 1240. The number of nitrogens with zero attached hydrogens (tertiary/aromatic N) is 5. The summed E-state index contributed by atoms with van der Waals surface area (Å²) >= 11 is 0. The van der Waals surface area contributed by atoms with Crippen LogP contribution >= 0.6 is 0 Å². The Kier molecular flexibility index (Phi) is 6.55. The minimum Gasteiger partial charge on any atom is -0.330 e. The van der Waals surface area contributed by atoms with Crippen molar-refractivity contribution in [1.82, 2.24) is 24.3 Å². The molecule has 4 rings (SSSR count). The van der Waals surface area contributed by atoms with E-state index in [4.69, 9.17) is 0 Å². The van der Waals surface area contributed by atoms with E-state index in [2.05, 4.69) is 15.1 Å². The number of imidazole rings is 1. The molecule has 1 saturated carbocycles. The fourth-order valence-electron chi connectivity index (χ4n) is 4.52. The quantitative estimate of drug-likeness (QED) is 0.458. The van der Waals surface area contributed by atoms with Crippen LogP contribution in [0.25, 0.3) is 11.4 Å². The van der Waals surface area contributed by atoms with Gasteiger partial charge in [0.15, 0.2) is 0 Å². The van der Waals surface area contributed by atoms with Gasteiger partial charge in [0, 0.05) is 18.8 Å². The maximum Gasteiger partial charge on any atom is 0.418 e. The Morgan fingerprint density at radius 1 is 1.18 bits per heavy atom. The summed E-state index contributed by atoms with van der Waals surface area (Å²) in [6.07, 6.45) is -2.00. The number of aromatic nitrogens is 5. The Hall–Kier alpha value is -3.11. The van der Waals surface area contributed by atoms with Crippen LogP contribution in [-0.4, -0.2) is 24.3 Å². The molecule has 11 heteroatoms. The summed E-state index contributed by atoms with van der Waals surface area (Å²) in [5.74, 6) is 0.202. The Balaban J connectivity index is 1.90. The van der Waals surface area contributed by atoms with Crippen molar-refractivity contribution in [2.24, 2.45) is 7.05 Å². The minimum absolute atomic E-state index is 0.0312. The first-order chi connectivity index (χ1) is 16.1. The fraction of sp³-hybridized carbons (Fsp3) is 0.478. The molecule has 3 heterocycles. The molecule has 0 saturated heterocycles. The van der Waals surface area contributed by atoms with E-state index < -0.39 is 30.3 Å². The van der Waals surface area contributed by atoms with Crippen LogP contribution in [0, 0.1) is 6.92 Å². The lowest BCUT2D eigenvalue weighted by Gasteiger charge is -2.22. The third-order valence-electron chi connectivity index (χ3n) is 6.35. The van der Waals surface area contributed by atoms with E-state index in [9.17, 15) is 26.7 Å². The average Bonchev–Trinajstić information content (AvgIpc) is 3.10. The van der Waals surface area contributed by atoms with Crippen LogP contribution in [0.5, 0.6) is 0 Å². The Morgan fingerprint density at radius 3 is 2.53 bits per heavy atom. The summed E-state index contributed by atoms with van der Waals surface area (Å²) in [4.78, 5) is 21.4. The van der Waals surface area contributed by atoms with Gasteiger partial charge in [-0.1, -0.05) is 19.3 Å². The van der Waals surface area contributed by atoms with E-state index >= 15 is 0 Å². The number of hydrogen-bond donors (Lipinski definition) is 0. The maximum atomic E-state index is 13.9. The minimum atomic E-state index is -4.67. The predicted molar refractivity (Wildman–Crippen MR) is 115 cm³/mol. The van der Waals surface area contributed by atoms with Crippen molar-refractivity contribution in [3.05, 3.63) is 63.1 Å². The van der Waals surface area contributed by atoms with E-state index in [0.29, 0.717) is 11.4 Å². The van der Waals surface area contributed by atoms with Crippen LogP contribution in [0.4, 0.5) is 22.0 Å². The highest BCUT2D eigenvalue weighted by molar-refractivity contribution is 5.59. The molecule has 3 aromatic rings. The molecule has 0 aliphatic heterocycles. The molecular weight excluding hydrogens is 457 g/mol. The van der Waals surface area contributed by atoms with Gasteiger partial charge in [-0.15, -0.1) is 0 Å². The van der Waals surface area contributed by atoms with Gasteiger partial charge < -0.3 is 4.57 Å². The first-order valence-corrected chi connectivity index (χ1v) is 11.0. The molecule has 182 valence electrons. The molecule has 1 aliphatic carbocycles. The van der Waals surface area contributed by atoms with Crippen molar-refractivity contribution in [3.8, 4) is 11.4 Å². The van der Waals surface area contributed by atoms with Gasteiger partial charge in [-0.05, 0) is 43.9 Å². The number of halogens is 5. The van der Waals surface area contributed by atoms with Crippen molar-refractivity contribution in [3.63, 3.8) is 0 Å². The number of pyridine rings is 1. The zero-order chi connectivity index (χ0) is 24.6. The van der Waals surface area contributed by atoms with Crippen molar-refractivity contribution in [2.75, 3.05) is 0 Å². The largest absolute Gasteiger partial charge is 0.418 e. The van der Waals surface area contributed by atoms with Crippen LogP contribution in [0.3, 0.4) is 0 Å². The molecule has 0 atom stereocenters. The van der Waals surface area contributed by atoms with Crippen LogP contribution in [-0.2, 0) is 19.8 Å². The van der Waals surface area contributed by atoms with E-state index in [-0.39, 0.29) is 28.7 Å². The normalized spacial score (nSPS) is 15.3. The topological polar surface area (TPSA) is 65.6 Å². The molecule has 3 aromatic heterocycles. The molecule has 1 fully saturated rings. The van der Waals surface area contributed by atoms with E-state index in [1.54, 1.807) is 6.92 Å². The van der Waals surface area contributed by atoms with Gasteiger partial charge in [0.25, 0.3) is 12.0 Å². The van der Waals surface area contributed by atoms with E-state index in [1.165, 1.54) is 23.9 Å². The third-order valence-corrected chi connectivity index (χ3v) is 6.35. The molecule has 0 aromatic carbocycles. The molecular formula is C23H24F5N5O.